The minimum atomic E-state index is -1.14. The number of para-hydroxylation sites is 2. The number of nitrogens with zero attached hydrogens (tertiary/aromatic N) is 2. The van der Waals surface area contributed by atoms with Crippen molar-refractivity contribution >= 4 is 47.2 Å². The third-order valence-corrected chi connectivity index (χ3v) is 3.57. The number of guanidine groups is 4. The van der Waals surface area contributed by atoms with E-state index < -0.39 is 11.9 Å². The third kappa shape index (κ3) is 28.9. The summed E-state index contributed by atoms with van der Waals surface area (Å²) in [4.78, 5) is 32.5. The van der Waals surface area contributed by atoms with Crippen LogP contribution in [0.15, 0.2) is 70.6 Å². The van der Waals surface area contributed by atoms with Crippen LogP contribution in [0.25, 0.3) is 0 Å². The fourth-order valence-electron chi connectivity index (χ4n) is 2.17. The van der Waals surface area contributed by atoms with Crippen molar-refractivity contribution in [1.82, 2.24) is 0 Å². The Morgan fingerprint density at radius 1 is 0.575 bits per heavy atom. The van der Waals surface area contributed by atoms with Gasteiger partial charge in [0.15, 0.2) is 0 Å². The second-order valence-corrected chi connectivity index (χ2v) is 6.78. The number of carbonyl (C=O) groups is 2. The number of nitrogens with two attached hydrogens (primary N) is 6. The smallest absolute Gasteiger partial charge is 0.316 e. The second kappa shape index (κ2) is 26.8. The van der Waals surface area contributed by atoms with E-state index in [9.17, 15) is 19.8 Å². The van der Waals surface area contributed by atoms with E-state index in [1.165, 1.54) is 0 Å². The monoisotopic (exact) mass is 572 g/mol. The third-order valence-electron chi connectivity index (χ3n) is 3.57. The zero-order chi connectivity index (χ0) is 27.3. The number of carboxylic acids is 2. The highest BCUT2D eigenvalue weighted by Gasteiger charge is 1.96. The predicted molar refractivity (Wildman–Crippen MR) is 147 cm³/mol. The quantitative estimate of drug-likeness (QED) is 0.0878. The van der Waals surface area contributed by atoms with Crippen LogP contribution >= 0.6 is 0 Å². The second-order valence-electron chi connectivity index (χ2n) is 6.78. The fourth-order valence-corrected chi connectivity index (χ4v) is 2.17. The molecule has 22 N–H and O–H groups in total. The van der Waals surface area contributed by atoms with E-state index in [2.05, 4.69) is 20.0 Å². The van der Waals surface area contributed by atoms with Crippen molar-refractivity contribution in [2.45, 2.75) is 25.7 Å². The maximum atomic E-state index is 9.77. The highest BCUT2D eigenvalue weighted by molar-refractivity contribution is 5.80. The van der Waals surface area contributed by atoms with E-state index >= 15 is 0 Å². The lowest BCUT2D eigenvalue weighted by atomic mass is 10.2. The number of carboxylic acid groups (broad SMARTS) is 2. The first-order valence-electron chi connectivity index (χ1n) is 10.5. The van der Waals surface area contributed by atoms with Gasteiger partial charge in [0.2, 0.25) is 0 Å². The first-order chi connectivity index (χ1) is 17.0. The molecule has 0 spiro atoms. The molecule has 0 radical (unpaired) electrons. The number of hydrogen-bond donors (Lipinski definition) is 8. The molecule has 0 amide bonds. The van der Waals surface area contributed by atoms with Crippen LogP contribution < -0.4 is 54.6 Å². The predicted octanol–water partition coefficient (Wildman–Crippen LogP) is -9.28. The first-order valence-corrected chi connectivity index (χ1v) is 10.5. The largest absolute Gasteiger partial charge is 0.550 e. The van der Waals surface area contributed by atoms with Crippen molar-refractivity contribution in [3.63, 3.8) is 0 Å². The molecule has 0 aliphatic carbocycles. The van der Waals surface area contributed by atoms with Crippen molar-refractivity contribution in [2.75, 3.05) is 0 Å². The van der Waals surface area contributed by atoms with E-state index in [-0.39, 0.29) is 58.6 Å². The molecule has 0 saturated heterocycles. The van der Waals surface area contributed by atoms with Crippen LogP contribution in [0.3, 0.4) is 0 Å². The van der Waals surface area contributed by atoms with E-state index in [0.29, 0.717) is 12.8 Å². The summed E-state index contributed by atoms with van der Waals surface area (Å²) >= 11 is 0. The van der Waals surface area contributed by atoms with Gasteiger partial charge in [-0.15, -0.1) is 9.98 Å². The zero-order valence-corrected chi connectivity index (χ0v) is 21.6. The lowest BCUT2D eigenvalue weighted by Gasteiger charge is -2.01. The number of unbranched alkanes of at least 4 members (excludes halogenated alkanes) is 1. The molecule has 0 fully saturated rings. The Balaban J connectivity index is -0.000000147. The topological polar surface area (TPSA) is 415 Å². The van der Waals surface area contributed by atoms with Gasteiger partial charge in [0, 0.05) is 11.9 Å². The van der Waals surface area contributed by atoms with Gasteiger partial charge in [0.25, 0.3) is 11.9 Å². The van der Waals surface area contributed by atoms with Crippen LogP contribution in [0.1, 0.15) is 25.7 Å². The molecule has 18 heteroatoms. The molecule has 0 unspecified atom stereocenters. The number of nitrogens with one attached hydrogen (secondary N) is 2. The molecule has 2 aromatic carbocycles. The van der Waals surface area contributed by atoms with Gasteiger partial charge in [0.1, 0.15) is 11.4 Å². The molecule has 0 saturated carbocycles. The SMILES string of the molecule is NC(=Nc1ccccc1)[NH+]=C(N)N.NC(=Nc1ccccc1)[NH+]=C(N)N.O.O.O.O.O=C([O-])CCCCC(=O)[O-]. The number of benzene rings is 2. The number of hydrogen-bond acceptors (Lipinski definition) is 6. The molecule has 40 heavy (non-hydrogen) atoms. The molecule has 0 bridgehead atoms. The Morgan fingerprint density at radius 3 is 1.07 bits per heavy atom. The van der Waals surface area contributed by atoms with E-state index in [0.717, 1.165) is 11.4 Å². The number of aliphatic carboxylic acids is 2. The van der Waals surface area contributed by atoms with Crippen LogP contribution in [0, 0.1) is 0 Å². The highest BCUT2D eigenvalue weighted by atomic mass is 16.4. The maximum absolute atomic E-state index is 9.77. The number of aliphatic imine (C=N–C) groups is 2. The Kier molecular flexibility index (Phi) is 29.9. The van der Waals surface area contributed by atoms with Gasteiger partial charge in [-0.3, -0.25) is 0 Å². The number of rotatable bonds is 7. The summed E-state index contributed by atoms with van der Waals surface area (Å²) in [5.41, 5.74) is 33.1. The number of carbonyl (C=O) groups excluding carboxylic acids is 2. The lowest BCUT2D eigenvalue weighted by molar-refractivity contribution is -0.321. The molecular formula is C22H40N10O8. The van der Waals surface area contributed by atoms with Crippen molar-refractivity contribution in [3.8, 4) is 0 Å². The van der Waals surface area contributed by atoms with Gasteiger partial charge in [-0.05, 0) is 49.9 Å². The minimum absolute atomic E-state index is 0. The van der Waals surface area contributed by atoms with Crippen molar-refractivity contribution in [1.29, 1.82) is 0 Å². The van der Waals surface area contributed by atoms with E-state index in [4.69, 9.17) is 34.4 Å². The van der Waals surface area contributed by atoms with E-state index in [1.54, 1.807) is 0 Å². The summed E-state index contributed by atoms with van der Waals surface area (Å²) in [6, 6.07) is 18.5. The molecule has 0 heterocycles. The highest BCUT2D eigenvalue weighted by Crippen LogP contribution is 2.08. The summed E-state index contributed by atoms with van der Waals surface area (Å²) < 4.78 is 0. The molecule has 18 nitrogen and oxygen atoms in total. The normalized spacial score (nSPS) is 9.40. The van der Waals surface area contributed by atoms with Crippen molar-refractivity contribution in [3.05, 3.63) is 60.7 Å². The summed E-state index contributed by atoms with van der Waals surface area (Å²) in [6.07, 6.45) is 0.535. The molecule has 226 valence electrons. The van der Waals surface area contributed by atoms with Crippen LogP contribution in [-0.4, -0.2) is 57.7 Å². The van der Waals surface area contributed by atoms with Crippen molar-refractivity contribution in [2.24, 2.45) is 44.4 Å². The summed E-state index contributed by atoms with van der Waals surface area (Å²) in [5, 5.41) is 19.5. The van der Waals surface area contributed by atoms with Gasteiger partial charge in [-0.1, -0.05) is 36.4 Å². The van der Waals surface area contributed by atoms with Gasteiger partial charge >= 0.3 is 11.9 Å². The van der Waals surface area contributed by atoms with Crippen LogP contribution in [0.4, 0.5) is 11.4 Å². The Morgan fingerprint density at radius 2 is 0.850 bits per heavy atom. The summed E-state index contributed by atoms with van der Waals surface area (Å²) in [6.45, 7) is 0. The average Bonchev–Trinajstić information content (AvgIpc) is 2.77. The molecule has 2 rings (SSSR count). The molecule has 0 atom stereocenters. The zero-order valence-electron chi connectivity index (χ0n) is 21.6. The molecular weight excluding hydrogens is 532 g/mol. The standard InChI is InChI=1S/2C8H11N5.C6H10O4.4H2O/c2*9-7(10)13-8(11)12-6-4-2-1-3-5-6;7-5(8)3-1-2-4-6(9)10;;;;/h2*1-5H,(H6,9,10,11,12,13);1-4H2,(H,7,8)(H,9,10);4*1H2. The molecule has 0 aliphatic rings. The lowest BCUT2D eigenvalue weighted by Crippen LogP contribution is -2.84. The summed E-state index contributed by atoms with van der Waals surface area (Å²) in [7, 11) is 0. The molecule has 0 aromatic heterocycles. The molecule has 2 aromatic rings. The first kappa shape index (κ1) is 44.7. The Labute approximate surface area is 230 Å². The van der Waals surface area contributed by atoms with Crippen LogP contribution in [-0.2, 0) is 9.59 Å². The van der Waals surface area contributed by atoms with Gasteiger partial charge in [0.05, 0.1) is 0 Å². The summed E-state index contributed by atoms with van der Waals surface area (Å²) in [5.74, 6) is -1.89. The minimum Gasteiger partial charge on any atom is -0.550 e. The average molecular weight is 573 g/mol. The van der Waals surface area contributed by atoms with Crippen LogP contribution in [0.5, 0.6) is 0 Å². The van der Waals surface area contributed by atoms with Gasteiger partial charge < -0.3 is 76.1 Å². The Bertz CT molecular complexity index is 972. The fraction of sp³-hybridized carbons (Fsp3) is 0.182. The molecule has 0 aliphatic heterocycles. The van der Waals surface area contributed by atoms with E-state index in [1.807, 2.05) is 60.7 Å². The van der Waals surface area contributed by atoms with Crippen molar-refractivity contribution < 1.29 is 51.7 Å². The van der Waals surface area contributed by atoms with Gasteiger partial charge in [-0.25, -0.2) is 9.98 Å². The van der Waals surface area contributed by atoms with Gasteiger partial charge in [-0.2, -0.15) is 0 Å². The Hall–Kier alpha value is -5.30. The maximum Gasteiger partial charge on any atom is 0.316 e. The van der Waals surface area contributed by atoms with Crippen LogP contribution in [0.2, 0.25) is 0 Å².